The van der Waals surface area contributed by atoms with Crippen LogP contribution in [0.5, 0.6) is 5.75 Å². The highest BCUT2D eigenvalue weighted by atomic mass is 35.5. The van der Waals surface area contributed by atoms with Crippen molar-refractivity contribution >= 4 is 17.4 Å². The first kappa shape index (κ1) is 16.1. The first-order valence-corrected chi connectivity index (χ1v) is 8.02. The van der Waals surface area contributed by atoms with Crippen molar-refractivity contribution in [2.75, 3.05) is 18.1 Å². The van der Waals surface area contributed by atoms with Gasteiger partial charge in [-0.1, -0.05) is 11.6 Å². The molecule has 2 aromatic rings. The second kappa shape index (κ2) is 6.39. The zero-order chi connectivity index (χ0) is 16.6. The molecule has 1 aromatic heterocycles. The largest absolute Gasteiger partial charge is 0.508 e. The summed E-state index contributed by atoms with van der Waals surface area (Å²) >= 11 is 6.04. The molecule has 1 aliphatic heterocycles. The molecular formula is C16H22ClN5O. The lowest BCUT2D eigenvalue weighted by Crippen LogP contribution is -2.47. The summed E-state index contributed by atoms with van der Waals surface area (Å²) in [5.74, 6) is 1.38. The van der Waals surface area contributed by atoms with Crippen LogP contribution in [0.4, 0.5) is 5.82 Å². The number of aromatic hydroxyl groups is 1. The van der Waals surface area contributed by atoms with Gasteiger partial charge in [0.15, 0.2) is 0 Å². The van der Waals surface area contributed by atoms with E-state index in [1.165, 1.54) is 0 Å². The van der Waals surface area contributed by atoms with Gasteiger partial charge >= 0.3 is 0 Å². The summed E-state index contributed by atoms with van der Waals surface area (Å²) in [6.45, 7) is 4.83. The van der Waals surface area contributed by atoms with E-state index in [0.717, 1.165) is 36.8 Å². The molecule has 0 bridgehead atoms. The number of fused-ring (bicyclic) bond motifs is 1. The highest BCUT2D eigenvalue weighted by Gasteiger charge is 2.27. The third-order valence-electron chi connectivity index (χ3n) is 3.97. The molecule has 1 atom stereocenters. The fourth-order valence-electron chi connectivity index (χ4n) is 3.08. The summed E-state index contributed by atoms with van der Waals surface area (Å²) < 4.78 is 2.03. The van der Waals surface area contributed by atoms with E-state index >= 15 is 0 Å². The fraction of sp³-hybridized carbons (Fsp3) is 0.438. The van der Waals surface area contributed by atoms with E-state index in [2.05, 4.69) is 14.8 Å². The molecule has 0 spiro atoms. The van der Waals surface area contributed by atoms with Crippen molar-refractivity contribution in [1.82, 2.24) is 14.5 Å². The van der Waals surface area contributed by atoms with E-state index < -0.39 is 0 Å². The molecule has 0 radical (unpaired) electrons. The zero-order valence-corrected chi connectivity index (χ0v) is 14.2. The number of hydrogen-bond donors (Lipinski definition) is 2. The Morgan fingerprint density at radius 1 is 1.43 bits per heavy atom. The standard InChI is InChI=1S/C16H22ClN5O/c1-11(18)6-22-10-21(8-14-16(22)20(2)9-19-14)7-12-5-13(17)3-4-15(12)23/h3-5,9,11,23H,6-8,10,18H2,1-2H3. The highest BCUT2D eigenvalue weighted by Crippen LogP contribution is 2.29. The summed E-state index contributed by atoms with van der Waals surface area (Å²) in [5.41, 5.74) is 7.84. The Hall–Kier alpha value is -1.76. The first-order valence-electron chi connectivity index (χ1n) is 7.64. The predicted octanol–water partition coefficient (Wildman–Crippen LogP) is 1.91. The lowest BCUT2D eigenvalue weighted by atomic mass is 10.1. The van der Waals surface area contributed by atoms with E-state index in [1.807, 2.05) is 24.9 Å². The number of phenolic OH excluding ortho intramolecular Hbond substituents is 1. The molecule has 23 heavy (non-hydrogen) atoms. The molecule has 0 fully saturated rings. The smallest absolute Gasteiger partial charge is 0.134 e. The molecule has 0 aliphatic carbocycles. The number of aromatic nitrogens is 2. The van der Waals surface area contributed by atoms with Crippen LogP contribution in [0.25, 0.3) is 0 Å². The fourth-order valence-corrected chi connectivity index (χ4v) is 3.27. The number of nitrogens with two attached hydrogens (primary N) is 1. The molecule has 3 N–H and O–H groups in total. The average molecular weight is 336 g/mol. The quantitative estimate of drug-likeness (QED) is 0.893. The molecule has 0 amide bonds. The van der Waals surface area contributed by atoms with Crippen LogP contribution >= 0.6 is 11.6 Å². The van der Waals surface area contributed by atoms with Gasteiger partial charge in [-0.15, -0.1) is 0 Å². The highest BCUT2D eigenvalue weighted by molar-refractivity contribution is 6.30. The lowest BCUT2D eigenvalue weighted by Gasteiger charge is -2.37. The summed E-state index contributed by atoms with van der Waals surface area (Å²) in [6, 6.07) is 5.20. The minimum Gasteiger partial charge on any atom is -0.508 e. The lowest BCUT2D eigenvalue weighted by molar-refractivity contribution is 0.234. The Labute approximate surface area is 141 Å². The van der Waals surface area contributed by atoms with Crippen LogP contribution in [-0.2, 0) is 20.1 Å². The molecule has 0 saturated heterocycles. The predicted molar refractivity (Wildman–Crippen MR) is 91.4 cm³/mol. The molecule has 124 valence electrons. The SMILES string of the molecule is CC(N)CN1CN(Cc2cc(Cl)ccc2O)Cc2ncn(C)c21. The zero-order valence-electron chi connectivity index (χ0n) is 13.4. The molecule has 1 aliphatic rings. The van der Waals surface area contributed by atoms with E-state index in [1.54, 1.807) is 18.2 Å². The van der Waals surface area contributed by atoms with Gasteiger partial charge in [-0.2, -0.15) is 0 Å². The van der Waals surface area contributed by atoms with Crippen LogP contribution < -0.4 is 10.6 Å². The first-order chi connectivity index (χ1) is 10.9. The molecule has 1 aromatic carbocycles. The van der Waals surface area contributed by atoms with Crippen molar-refractivity contribution in [3.63, 3.8) is 0 Å². The van der Waals surface area contributed by atoms with Gasteiger partial charge in [0.25, 0.3) is 0 Å². The summed E-state index contributed by atoms with van der Waals surface area (Å²) in [5, 5.41) is 10.7. The van der Waals surface area contributed by atoms with Gasteiger partial charge in [0.05, 0.1) is 18.7 Å². The molecule has 1 unspecified atom stereocenters. The number of aryl methyl sites for hydroxylation is 1. The number of phenols is 1. The van der Waals surface area contributed by atoms with Gasteiger partial charge in [0, 0.05) is 43.3 Å². The minimum absolute atomic E-state index is 0.0669. The Morgan fingerprint density at radius 3 is 2.96 bits per heavy atom. The number of rotatable bonds is 4. The molecule has 7 heteroatoms. The number of nitrogens with zero attached hydrogens (tertiary/aromatic N) is 4. The van der Waals surface area contributed by atoms with Crippen molar-refractivity contribution in [3.8, 4) is 5.75 Å². The van der Waals surface area contributed by atoms with Crippen LogP contribution in [0, 0.1) is 0 Å². The molecule has 6 nitrogen and oxygen atoms in total. The van der Waals surface area contributed by atoms with E-state index in [4.69, 9.17) is 17.3 Å². The van der Waals surface area contributed by atoms with Crippen molar-refractivity contribution in [1.29, 1.82) is 0 Å². The monoisotopic (exact) mass is 335 g/mol. The van der Waals surface area contributed by atoms with E-state index in [0.29, 0.717) is 11.6 Å². The van der Waals surface area contributed by atoms with Crippen molar-refractivity contribution in [3.05, 3.63) is 40.8 Å². The Balaban J connectivity index is 1.84. The maximum atomic E-state index is 10.0. The van der Waals surface area contributed by atoms with E-state index in [9.17, 15) is 5.11 Å². The van der Waals surface area contributed by atoms with Crippen molar-refractivity contribution < 1.29 is 5.11 Å². The number of benzene rings is 1. The Morgan fingerprint density at radius 2 is 2.22 bits per heavy atom. The topological polar surface area (TPSA) is 70.6 Å². The second-order valence-electron chi connectivity index (χ2n) is 6.23. The third kappa shape index (κ3) is 3.44. The van der Waals surface area contributed by atoms with Crippen molar-refractivity contribution in [2.24, 2.45) is 12.8 Å². The second-order valence-corrected chi connectivity index (χ2v) is 6.66. The molecular weight excluding hydrogens is 314 g/mol. The third-order valence-corrected chi connectivity index (χ3v) is 4.20. The van der Waals surface area contributed by atoms with E-state index in [-0.39, 0.29) is 11.8 Å². The minimum atomic E-state index is 0.0669. The maximum absolute atomic E-state index is 10.0. The van der Waals surface area contributed by atoms with Gasteiger partial charge in [-0.05, 0) is 25.1 Å². The molecule has 3 rings (SSSR count). The van der Waals surface area contributed by atoms with Gasteiger partial charge in [0.1, 0.15) is 11.6 Å². The number of imidazole rings is 1. The number of halogens is 1. The normalized spacial score (nSPS) is 16.4. The Kier molecular flexibility index (Phi) is 4.48. The van der Waals surface area contributed by atoms with Gasteiger partial charge < -0.3 is 20.3 Å². The molecule has 0 saturated carbocycles. The van der Waals surface area contributed by atoms with Crippen LogP contribution in [0.2, 0.25) is 5.02 Å². The summed E-state index contributed by atoms with van der Waals surface area (Å²) in [6.07, 6.45) is 1.83. The Bertz CT molecular complexity index is 700. The summed E-state index contributed by atoms with van der Waals surface area (Å²) in [4.78, 5) is 8.96. The van der Waals surface area contributed by atoms with Gasteiger partial charge in [-0.25, -0.2) is 4.98 Å². The maximum Gasteiger partial charge on any atom is 0.134 e. The number of anilines is 1. The number of hydrogen-bond acceptors (Lipinski definition) is 5. The van der Waals surface area contributed by atoms with Gasteiger partial charge in [0.2, 0.25) is 0 Å². The van der Waals surface area contributed by atoms with Gasteiger partial charge in [-0.3, -0.25) is 4.90 Å². The molecule has 2 heterocycles. The van der Waals surface area contributed by atoms with Crippen LogP contribution in [0.15, 0.2) is 24.5 Å². The summed E-state index contributed by atoms with van der Waals surface area (Å²) in [7, 11) is 2.00. The van der Waals surface area contributed by atoms with Crippen molar-refractivity contribution in [2.45, 2.75) is 26.1 Å². The van der Waals surface area contributed by atoms with Crippen LogP contribution in [0.1, 0.15) is 18.2 Å². The average Bonchev–Trinajstić information content (AvgIpc) is 2.84. The van der Waals surface area contributed by atoms with Crippen LogP contribution in [0.3, 0.4) is 0 Å². The van der Waals surface area contributed by atoms with Crippen LogP contribution in [-0.4, -0.2) is 38.8 Å².